The molecule has 1 fully saturated rings. The zero-order valence-electron chi connectivity index (χ0n) is 22.9. The molecule has 0 radical (unpaired) electrons. The number of anilines is 2. The Kier molecular flexibility index (Phi) is 7.42. The number of nitrogens with zero attached hydrogens (tertiary/aromatic N) is 2. The van der Waals surface area contributed by atoms with Gasteiger partial charge in [-0.1, -0.05) is 30.3 Å². The Balaban J connectivity index is 1.48. The van der Waals surface area contributed by atoms with E-state index in [9.17, 15) is 19.5 Å². The van der Waals surface area contributed by atoms with Crippen molar-refractivity contribution >= 4 is 40.4 Å². The van der Waals surface area contributed by atoms with E-state index in [1.807, 2.05) is 48.3 Å². The van der Waals surface area contributed by atoms with Gasteiger partial charge in [-0.15, -0.1) is 0 Å². The Hall–Kier alpha value is -4.47. The standard InChI is InChI=1S/C31H32N4O5/c1-18-14-23-24(15-22(18)31(39)40-4)33-29(37)27(23)28(19-8-6-5-7-9-19)32-21-12-10-20(11-13-21)30(38)35(3)25-16-34(2)17-26(25)36/h5-15,25-26,32,36H,16-17H2,1-4H3,(H,33,37)/b28-27-/t25-,26-/m0/s1. The molecular formula is C31H32N4O5. The predicted octanol–water partition coefficient (Wildman–Crippen LogP) is 3.46. The lowest BCUT2D eigenvalue weighted by Crippen LogP contribution is -2.44. The molecule has 2 aliphatic heterocycles. The Labute approximate surface area is 233 Å². The summed E-state index contributed by atoms with van der Waals surface area (Å²) < 4.78 is 4.89. The van der Waals surface area contributed by atoms with Crippen LogP contribution < -0.4 is 10.6 Å². The second-order valence-electron chi connectivity index (χ2n) is 10.2. The molecule has 3 aromatic rings. The molecule has 0 unspecified atom stereocenters. The maximum atomic E-state index is 13.3. The predicted molar refractivity (Wildman–Crippen MR) is 154 cm³/mol. The molecule has 2 amide bonds. The van der Waals surface area contributed by atoms with Gasteiger partial charge in [0.2, 0.25) is 0 Å². The van der Waals surface area contributed by atoms with Crippen LogP contribution in [0.2, 0.25) is 0 Å². The molecule has 1 saturated heterocycles. The number of aliphatic hydroxyl groups excluding tert-OH is 1. The summed E-state index contributed by atoms with van der Waals surface area (Å²) in [6.07, 6.45) is -0.590. The summed E-state index contributed by atoms with van der Waals surface area (Å²) in [6.45, 7) is 2.95. The van der Waals surface area contributed by atoms with Crippen molar-refractivity contribution in [3.8, 4) is 0 Å². The van der Waals surface area contributed by atoms with Gasteiger partial charge in [0.05, 0.1) is 41.8 Å². The summed E-state index contributed by atoms with van der Waals surface area (Å²) in [7, 11) is 4.95. The lowest BCUT2D eigenvalue weighted by molar-refractivity contribution is -0.110. The molecular weight excluding hydrogens is 508 g/mol. The monoisotopic (exact) mass is 540 g/mol. The minimum Gasteiger partial charge on any atom is -0.465 e. The Bertz CT molecular complexity index is 1500. The summed E-state index contributed by atoms with van der Waals surface area (Å²) in [5.41, 5.74) is 5.32. The smallest absolute Gasteiger partial charge is 0.338 e. The van der Waals surface area contributed by atoms with E-state index in [0.29, 0.717) is 58.0 Å². The molecule has 9 nitrogen and oxygen atoms in total. The normalized spacial score (nSPS) is 19.6. The third-order valence-corrected chi connectivity index (χ3v) is 7.49. The number of nitrogens with one attached hydrogen (secondary N) is 2. The molecule has 3 aromatic carbocycles. The van der Waals surface area contributed by atoms with Crippen LogP contribution in [0.1, 0.15) is 37.4 Å². The molecule has 2 atom stereocenters. The average molecular weight is 541 g/mol. The van der Waals surface area contributed by atoms with Gasteiger partial charge in [0.1, 0.15) is 0 Å². The average Bonchev–Trinajstić information content (AvgIpc) is 3.47. The van der Waals surface area contributed by atoms with E-state index in [1.165, 1.54) is 7.11 Å². The third-order valence-electron chi connectivity index (χ3n) is 7.49. The number of fused-ring (bicyclic) bond motifs is 1. The number of aryl methyl sites for hydroxylation is 1. The van der Waals surface area contributed by atoms with Gasteiger partial charge in [-0.25, -0.2) is 4.79 Å². The molecule has 9 heteroatoms. The van der Waals surface area contributed by atoms with Gasteiger partial charge in [0.15, 0.2) is 0 Å². The number of aliphatic hydroxyl groups is 1. The van der Waals surface area contributed by atoms with Gasteiger partial charge in [0, 0.05) is 37.0 Å². The minimum atomic E-state index is -0.590. The van der Waals surface area contributed by atoms with Gasteiger partial charge >= 0.3 is 5.97 Å². The second-order valence-corrected chi connectivity index (χ2v) is 10.2. The van der Waals surface area contributed by atoms with E-state index in [1.54, 1.807) is 49.2 Å². The summed E-state index contributed by atoms with van der Waals surface area (Å²) in [4.78, 5) is 42.2. The van der Waals surface area contributed by atoms with Crippen molar-refractivity contribution in [2.75, 3.05) is 44.9 Å². The molecule has 2 aliphatic rings. The van der Waals surface area contributed by atoms with Crippen molar-refractivity contribution in [3.63, 3.8) is 0 Å². The number of hydrogen-bond acceptors (Lipinski definition) is 7. The highest BCUT2D eigenvalue weighted by atomic mass is 16.5. The van der Waals surface area contributed by atoms with Gasteiger partial charge in [-0.2, -0.15) is 0 Å². The number of rotatable bonds is 6. The highest BCUT2D eigenvalue weighted by Crippen LogP contribution is 2.39. The van der Waals surface area contributed by atoms with Crippen LogP contribution in [-0.2, 0) is 9.53 Å². The second kappa shape index (κ2) is 11.0. The van der Waals surface area contributed by atoms with E-state index in [2.05, 4.69) is 10.6 Å². The van der Waals surface area contributed by atoms with Gasteiger partial charge in [-0.05, 0) is 61.5 Å². The molecule has 0 aliphatic carbocycles. The number of amides is 2. The fourth-order valence-corrected chi connectivity index (χ4v) is 5.32. The maximum absolute atomic E-state index is 13.3. The largest absolute Gasteiger partial charge is 0.465 e. The molecule has 0 saturated carbocycles. The number of esters is 1. The van der Waals surface area contributed by atoms with E-state index in [0.717, 1.165) is 5.56 Å². The van der Waals surface area contributed by atoms with Crippen LogP contribution in [-0.4, -0.2) is 79.1 Å². The summed E-state index contributed by atoms with van der Waals surface area (Å²) in [6, 6.07) is 19.7. The maximum Gasteiger partial charge on any atom is 0.338 e. The zero-order chi connectivity index (χ0) is 28.6. The summed E-state index contributed by atoms with van der Waals surface area (Å²) in [5.74, 6) is -0.937. The third kappa shape index (κ3) is 5.09. The fourth-order valence-electron chi connectivity index (χ4n) is 5.32. The molecule has 0 aromatic heterocycles. The van der Waals surface area contributed by atoms with Crippen LogP contribution in [0.15, 0.2) is 66.7 Å². The first kappa shape index (κ1) is 27.1. The number of carbonyl (C=O) groups excluding carboxylic acids is 3. The van der Waals surface area contributed by atoms with E-state index in [4.69, 9.17) is 4.74 Å². The van der Waals surface area contributed by atoms with E-state index >= 15 is 0 Å². The number of β-amino-alcohol motifs (C(OH)–C–C–N with tert-alkyl or cyclic N) is 1. The molecule has 2 heterocycles. The lowest BCUT2D eigenvalue weighted by Gasteiger charge is -2.26. The number of likely N-dealkylation sites (tertiary alicyclic amines) is 1. The van der Waals surface area contributed by atoms with Gasteiger partial charge < -0.3 is 30.3 Å². The minimum absolute atomic E-state index is 0.173. The van der Waals surface area contributed by atoms with Crippen molar-refractivity contribution in [1.82, 2.24) is 9.80 Å². The quantitative estimate of drug-likeness (QED) is 0.324. The Morgan fingerprint density at radius 1 is 1.05 bits per heavy atom. The molecule has 5 rings (SSSR count). The van der Waals surface area contributed by atoms with Crippen molar-refractivity contribution in [3.05, 3.63) is 94.5 Å². The van der Waals surface area contributed by atoms with Crippen molar-refractivity contribution in [1.29, 1.82) is 0 Å². The van der Waals surface area contributed by atoms with E-state index in [-0.39, 0.29) is 17.9 Å². The summed E-state index contributed by atoms with van der Waals surface area (Å²) >= 11 is 0. The Morgan fingerprint density at radius 2 is 1.75 bits per heavy atom. The molecule has 206 valence electrons. The molecule has 3 N–H and O–H groups in total. The lowest BCUT2D eigenvalue weighted by atomic mass is 9.96. The highest BCUT2D eigenvalue weighted by molar-refractivity contribution is 6.37. The first-order chi connectivity index (χ1) is 19.2. The number of benzene rings is 3. The number of likely N-dealkylation sites (N-methyl/N-ethyl adjacent to an activating group) is 2. The number of hydrogen-bond donors (Lipinski definition) is 3. The van der Waals surface area contributed by atoms with Crippen molar-refractivity contribution < 1.29 is 24.2 Å². The van der Waals surface area contributed by atoms with Crippen molar-refractivity contribution in [2.45, 2.75) is 19.1 Å². The van der Waals surface area contributed by atoms with Crippen LogP contribution in [0.5, 0.6) is 0 Å². The number of carbonyl (C=O) groups is 3. The first-order valence-electron chi connectivity index (χ1n) is 13.0. The molecule has 0 bridgehead atoms. The van der Waals surface area contributed by atoms with Crippen LogP contribution >= 0.6 is 0 Å². The topological polar surface area (TPSA) is 111 Å². The Morgan fingerprint density at radius 3 is 2.38 bits per heavy atom. The van der Waals surface area contributed by atoms with Gasteiger partial charge in [-0.3, -0.25) is 9.59 Å². The number of ether oxygens (including phenoxy) is 1. The zero-order valence-corrected chi connectivity index (χ0v) is 22.9. The van der Waals surface area contributed by atoms with Crippen LogP contribution in [0.25, 0.3) is 11.3 Å². The molecule has 0 spiro atoms. The highest BCUT2D eigenvalue weighted by Gasteiger charge is 2.35. The van der Waals surface area contributed by atoms with Crippen LogP contribution in [0.4, 0.5) is 11.4 Å². The summed E-state index contributed by atoms with van der Waals surface area (Å²) in [5, 5.41) is 16.6. The SMILES string of the molecule is COC(=O)c1cc2c(cc1C)/C(=C(/Nc1ccc(C(=O)N(C)[C@H]3CN(C)C[C@@H]3O)cc1)c1ccccc1)C(=O)N2. The number of methoxy groups -OCH3 is 1. The fraction of sp³-hybridized carbons (Fsp3) is 0.258. The van der Waals surface area contributed by atoms with E-state index < -0.39 is 12.1 Å². The molecule has 40 heavy (non-hydrogen) atoms. The van der Waals surface area contributed by atoms with Crippen LogP contribution in [0, 0.1) is 6.92 Å². The first-order valence-corrected chi connectivity index (χ1v) is 13.0. The van der Waals surface area contributed by atoms with Crippen molar-refractivity contribution in [2.24, 2.45) is 0 Å². The van der Waals surface area contributed by atoms with Crippen LogP contribution in [0.3, 0.4) is 0 Å². The van der Waals surface area contributed by atoms with Gasteiger partial charge in [0.25, 0.3) is 11.8 Å².